The van der Waals surface area contributed by atoms with E-state index >= 15 is 0 Å². The number of amides is 1. The summed E-state index contributed by atoms with van der Waals surface area (Å²) >= 11 is 6.48. The van der Waals surface area contributed by atoms with Crippen molar-refractivity contribution in [1.29, 1.82) is 0 Å². The molecule has 1 unspecified atom stereocenters. The van der Waals surface area contributed by atoms with Gasteiger partial charge in [0.05, 0.1) is 19.1 Å². The normalized spacial score (nSPS) is 15.7. The number of rotatable bonds is 10. The number of hydrogen-bond acceptors (Lipinski definition) is 6. The summed E-state index contributed by atoms with van der Waals surface area (Å²) in [7, 11) is 0. The fourth-order valence-electron chi connectivity index (χ4n) is 5.15. The van der Waals surface area contributed by atoms with Gasteiger partial charge in [-0.3, -0.25) is 14.5 Å². The summed E-state index contributed by atoms with van der Waals surface area (Å²) in [6.45, 7) is 4.82. The molecule has 1 atom stereocenters. The maximum Gasteiger partial charge on any atom is 0.310 e. The van der Waals surface area contributed by atoms with Crippen molar-refractivity contribution >= 4 is 34.4 Å². The number of hydrogen-bond donors (Lipinski definition) is 1. The summed E-state index contributed by atoms with van der Waals surface area (Å²) in [4.78, 5) is 37.2. The summed E-state index contributed by atoms with van der Waals surface area (Å²) in [5.74, 6) is -0.315. The lowest BCUT2D eigenvalue weighted by Gasteiger charge is -2.30. The molecule has 1 saturated heterocycles. The molecule has 2 aromatic carbocycles. The predicted octanol–water partition coefficient (Wildman–Crippen LogP) is 5.47. The van der Waals surface area contributed by atoms with Crippen molar-refractivity contribution in [3.8, 4) is 0 Å². The average molecular weight is 549 g/mol. The number of nitrogens with zero attached hydrogens (tertiary/aromatic N) is 3. The van der Waals surface area contributed by atoms with Gasteiger partial charge in [0.15, 0.2) is 5.69 Å². The molecule has 9 heteroatoms. The Hall–Kier alpha value is -3.62. The lowest BCUT2D eigenvalue weighted by Crippen LogP contribution is -2.43. The minimum atomic E-state index is -0.301. The molecule has 1 amide bonds. The van der Waals surface area contributed by atoms with E-state index in [0.717, 1.165) is 36.9 Å². The number of esters is 1. The van der Waals surface area contributed by atoms with E-state index in [0.29, 0.717) is 43.7 Å². The fraction of sp³-hybridized carbons (Fsp3) is 0.367. The highest BCUT2D eigenvalue weighted by Gasteiger charge is 2.31. The third-order valence-corrected chi connectivity index (χ3v) is 7.55. The van der Waals surface area contributed by atoms with Crippen LogP contribution < -0.4 is 0 Å². The number of benzene rings is 2. The lowest BCUT2D eigenvalue weighted by atomic mass is 9.98. The zero-order valence-corrected chi connectivity index (χ0v) is 22.8. The molecule has 1 N–H and O–H groups in total. The first kappa shape index (κ1) is 27.0. The van der Waals surface area contributed by atoms with Crippen LogP contribution >= 0.6 is 11.6 Å². The number of aromatic nitrogens is 2. The Morgan fingerprint density at radius 3 is 2.82 bits per heavy atom. The first-order valence-electron chi connectivity index (χ1n) is 13.4. The highest BCUT2D eigenvalue weighted by molar-refractivity contribution is 6.31. The molecule has 0 spiro atoms. The van der Waals surface area contributed by atoms with Crippen LogP contribution in [0, 0.1) is 5.92 Å². The Labute approximate surface area is 232 Å². The zero-order valence-electron chi connectivity index (χ0n) is 22.1. The highest BCUT2D eigenvalue weighted by atomic mass is 35.5. The standard InChI is InChI=1S/C30H33ClN4O4/c1-2-38-30(37)23-9-7-14-35(18-23)29(36)27-20-39-28(33-27)19-34(17-22-8-3-5-11-25(22)31)15-13-21-16-32-26-12-6-4-10-24(21)26/h3-6,8,10-12,16,20,23,32H,2,7,9,13-15,17-19H2,1H3. The predicted molar refractivity (Wildman–Crippen MR) is 149 cm³/mol. The molecule has 0 radical (unpaired) electrons. The number of H-pyrrole nitrogens is 1. The molecule has 1 aliphatic heterocycles. The second-order valence-corrected chi connectivity index (χ2v) is 10.3. The van der Waals surface area contributed by atoms with Crippen LogP contribution in [-0.2, 0) is 29.0 Å². The average Bonchev–Trinajstić information content (AvgIpc) is 3.60. The summed E-state index contributed by atoms with van der Waals surface area (Å²) in [6, 6.07) is 16.1. The monoisotopic (exact) mass is 548 g/mol. The topological polar surface area (TPSA) is 91.7 Å². The van der Waals surface area contributed by atoms with Gasteiger partial charge in [-0.2, -0.15) is 0 Å². The minimum Gasteiger partial charge on any atom is -0.466 e. The molecule has 1 aliphatic rings. The van der Waals surface area contributed by atoms with Crippen LogP contribution in [0.15, 0.2) is 65.4 Å². The maximum atomic E-state index is 13.2. The van der Waals surface area contributed by atoms with Crippen LogP contribution in [0.4, 0.5) is 0 Å². The molecule has 8 nitrogen and oxygen atoms in total. The second-order valence-electron chi connectivity index (χ2n) is 9.88. The van der Waals surface area contributed by atoms with Crippen molar-refractivity contribution in [1.82, 2.24) is 19.8 Å². The van der Waals surface area contributed by atoms with E-state index in [1.165, 1.54) is 17.2 Å². The molecule has 3 heterocycles. The zero-order chi connectivity index (χ0) is 27.2. The van der Waals surface area contributed by atoms with E-state index in [9.17, 15) is 9.59 Å². The van der Waals surface area contributed by atoms with Crippen LogP contribution in [0.1, 0.15) is 47.3 Å². The number of aromatic amines is 1. The number of likely N-dealkylation sites (tertiary alicyclic amines) is 1. The van der Waals surface area contributed by atoms with Gasteiger partial charge in [-0.05, 0) is 49.4 Å². The Morgan fingerprint density at radius 1 is 1.15 bits per heavy atom. The molecule has 5 rings (SSSR count). The Balaban J connectivity index is 1.28. The van der Waals surface area contributed by atoms with E-state index in [-0.39, 0.29) is 23.5 Å². The Morgan fingerprint density at radius 2 is 1.97 bits per heavy atom. The SMILES string of the molecule is CCOC(=O)C1CCCN(C(=O)c2coc(CN(CCc3c[nH]c4ccccc34)Cc3ccccc3Cl)n2)C1. The molecule has 0 bridgehead atoms. The fourth-order valence-corrected chi connectivity index (χ4v) is 5.34. The highest BCUT2D eigenvalue weighted by Crippen LogP contribution is 2.23. The van der Waals surface area contributed by atoms with Crippen molar-refractivity contribution in [2.24, 2.45) is 5.92 Å². The van der Waals surface area contributed by atoms with Gasteiger partial charge in [-0.1, -0.05) is 48.0 Å². The summed E-state index contributed by atoms with van der Waals surface area (Å²) in [6.07, 6.45) is 5.77. The van der Waals surface area contributed by atoms with Gasteiger partial charge in [0.1, 0.15) is 6.26 Å². The van der Waals surface area contributed by atoms with Crippen molar-refractivity contribution in [2.75, 3.05) is 26.2 Å². The third-order valence-electron chi connectivity index (χ3n) is 7.18. The first-order valence-corrected chi connectivity index (χ1v) is 13.8. The largest absolute Gasteiger partial charge is 0.466 e. The number of ether oxygens (including phenoxy) is 1. The number of halogens is 1. The number of carbonyl (C=O) groups is 2. The number of carbonyl (C=O) groups excluding carboxylic acids is 2. The van der Waals surface area contributed by atoms with Gasteiger partial charge in [-0.15, -0.1) is 0 Å². The first-order chi connectivity index (χ1) is 19.0. The molecule has 4 aromatic rings. The smallest absolute Gasteiger partial charge is 0.310 e. The second kappa shape index (κ2) is 12.5. The van der Waals surface area contributed by atoms with E-state index in [4.69, 9.17) is 20.8 Å². The van der Waals surface area contributed by atoms with E-state index in [1.807, 2.05) is 36.4 Å². The molecule has 0 aliphatic carbocycles. The van der Waals surface area contributed by atoms with Gasteiger partial charge >= 0.3 is 5.97 Å². The van der Waals surface area contributed by atoms with Crippen LogP contribution in [0.2, 0.25) is 5.02 Å². The minimum absolute atomic E-state index is 0.226. The number of nitrogens with one attached hydrogen (secondary N) is 1. The number of piperidine rings is 1. The molecule has 1 fully saturated rings. The Bertz CT molecular complexity index is 1430. The molecular formula is C30H33ClN4O4. The summed E-state index contributed by atoms with van der Waals surface area (Å²) in [5, 5.41) is 1.92. The van der Waals surface area contributed by atoms with Gasteiger partial charge < -0.3 is 19.0 Å². The van der Waals surface area contributed by atoms with Gasteiger partial charge in [0, 0.05) is 48.3 Å². The van der Waals surface area contributed by atoms with Crippen LogP contribution in [-0.4, -0.2) is 57.9 Å². The molecular weight excluding hydrogens is 516 g/mol. The van der Waals surface area contributed by atoms with E-state index < -0.39 is 0 Å². The number of fused-ring (bicyclic) bond motifs is 1. The lowest BCUT2D eigenvalue weighted by molar-refractivity contribution is -0.149. The summed E-state index contributed by atoms with van der Waals surface area (Å²) < 4.78 is 10.9. The molecule has 2 aromatic heterocycles. The van der Waals surface area contributed by atoms with Crippen molar-refractivity contribution in [3.05, 3.63) is 88.7 Å². The maximum absolute atomic E-state index is 13.2. The summed E-state index contributed by atoms with van der Waals surface area (Å²) in [5.41, 5.74) is 3.62. The van der Waals surface area contributed by atoms with Crippen molar-refractivity contribution in [3.63, 3.8) is 0 Å². The van der Waals surface area contributed by atoms with Crippen LogP contribution in [0.25, 0.3) is 10.9 Å². The van der Waals surface area contributed by atoms with E-state index in [2.05, 4.69) is 33.2 Å². The van der Waals surface area contributed by atoms with Crippen molar-refractivity contribution in [2.45, 2.75) is 39.3 Å². The number of oxazole rings is 1. The Kier molecular flexibility index (Phi) is 8.64. The number of para-hydroxylation sites is 1. The molecule has 0 saturated carbocycles. The van der Waals surface area contributed by atoms with Gasteiger partial charge in [0.25, 0.3) is 5.91 Å². The van der Waals surface area contributed by atoms with Crippen molar-refractivity contribution < 1.29 is 18.7 Å². The van der Waals surface area contributed by atoms with Crippen LogP contribution in [0.3, 0.4) is 0 Å². The van der Waals surface area contributed by atoms with Gasteiger partial charge in [0.2, 0.25) is 5.89 Å². The van der Waals surface area contributed by atoms with Gasteiger partial charge in [-0.25, -0.2) is 4.98 Å². The quantitative estimate of drug-likeness (QED) is 0.264. The molecule has 204 valence electrons. The molecule has 39 heavy (non-hydrogen) atoms. The van der Waals surface area contributed by atoms with Crippen LogP contribution in [0.5, 0.6) is 0 Å². The van der Waals surface area contributed by atoms with E-state index in [1.54, 1.807) is 11.8 Å². The third kappa shape index (κ3) is 6.52.